The van der Waals surface area contributed by atoms with Crippen LogP contribution >= 0.6 is 0 Å². The molecule has 2 amide bonds. The van der Waals surface area contributed by atoms with Gasteiger partial charge in [-0.05, 0) is 55.2 Å². The molecule has 3 rings (SSSR count). The van der Waals surface area contributed by atoms with Gasteiger partial charge in [-0.1, -0.05) is 12.5 Å². The molecular weight excluding hydrogens is 320 g/mol. The van der Waals surface area contributed by atoms with E-state index >= 15 is 0 Å². The van der Waals surface area contributed by atoms with Crippen LogP contribution in [0.2, 0.25) is 0 Å². The van der Waals surface area contributed by atoms with Crippen LogP contribution in [0.25, 0.3) is 0 Å². The van der Waals surface area contributed by atoms with Crippen LogP contribution in [0.15, 0.2) is 24.3 Å². The highest BCUT2D eigenvalue weighted by atomic mass is 16.5. The van der Waals surface area contributed by atoms with Crippen LogP contribution in [0.4, 0.5) is 5.69 Å². The lowest BCUT2D eigenvalue weighted by molar-refractivity contribution is -0.148. The molecule has 0 unspecified atom stereocenters. The first-order chi connectivity index (χ1) is 12.0. The number of hydrogen-bond acceptors (Lipinski definition) is 4. The van der Waals surface area contributed by atoms with Gasteiger partial charge in [0.25, 0.3) is 11.8 Å². The molecule has 0 radical (unpaired) electrons. The van der Waals surface area contributed by atoms with Crippen LogP contribution in [-0.2, 0) is 14.3 Å². The number of anilines is 1. The molecule has 25 heavy (non-hydrogen) atoms. The number of fused-ring (bicyclic) bond motifs is 2. The zero-order valence-corrected chi connectivity index (χ0v) is 14.4. The minimum atomic E-state index is -0.407. The Hall–Kier alpha value is -2.37. The summed E-state index contributed by atoms with van der Waals surface area (Å²) in [5.41, 5.74) is 0.948. The van der Waals surface area contributed by atoms with Crippen LogP contribution < -0.4 is 10.6 Å². The smallest absolute Gasteiger partial charge is 0.306 e. The lowest BCUT2D eigenvalue weighted by atomic mass is 9.86. The van der Waals surface area contributed by atoms with Crippen molar-refractivity contribution >= 4 is 23.5 Å². The van der Waals surface area contributed by atoms with E-state index in [-0.39, 0.29) is 18.5 Å². The normalized spacial score (nSPS) is 24.0. The average Bonchev–Trinajstić information content (AvgIpc) is 3.22. The first-order valence-electron chi connectivity index (χ1n) is 8.82. The van der Waals surface area contributed by atoms with Crippen LogP contribution in [0, 0.1) is 17.8 Å². The van der Waals surface area contributed by atoms with Gasteiger partial charge in [0.2, 0.25) is 0 Å². The fraction of sp³-hybridized carbons (Fsp3) is 0.526. The quantitative estimate of drug-likeness (QED) is 0.776. The van der Waals surface area contributed by atoms with E-state index in [1.165, 1.54) is 19.3 Å². The number of benzene rings is 1. The van der Waals surface area contributed by atoms with Gasteiger partial charge in [-0.15, -0.1) is 0 Å². The van der Waals surface area contributed by atoms with E-state index in [1.54, 1.807) is 31.3 Å². The number of rotatable bonds is 6. The number of ether oxygens (including phenoxy) is 1. The third-order valence-corrected chi connectivity index (χ3v) is 5.31. The summed E-state index contributed by atoms with van der Waals surface area (Å²) in [6.45, 7) is -0.302. The lowest BCUT2D eigenvalue weighted by Crippen LogP contribution is -2.23. The van der Waals surface area contributed by atoms with Gasteiger partial charge >= 0.3 is 5.97 Å². The van der Waals surface area contributed by atoms with Crippen molar-refractivity contribution in [1.82, 2.24) is 5.32 Å². The van der Waals surface area contributed by atoms with E-state index in [0.717, 1.165) is 12.3 Å². The van der Waals surface area contributed by atoms with Crippen LogP contribution in [0.5, 0.6) is 0 Å². The molecule has 6 heteroatoms. The Morgan fingerprint density at radius 1 is 1.20 bits per heavy atom. The Balaban J connectivity index is 1.43. The Morgan fingerprint density at radius 2 is 2.04 bits per heavy atom. The number of hydrogen-bond donors (Lipinski definition) is 2. The van der Waals surface area contributed by atoms with Crippen molar-refractivity contribution in [3.05, 3.63) is 29.8 Å². The second kappa shape index (κ2) is 7.68. The molecule has 0 spiro atoms. The fourth-order valence-electron chi connectivity index (χ4n) is 4.13. The van der Waals surface area contributed by atoms with E-state index in [2.05, 4.69) is 10.6 Å². The molecule has 0 heterocycles. The lowest BCUT2D eigenvalue weighted by Gasteiger charge is -2.20. The molecule has 134 valence electrons. The van der Waals surface area contributed by atoms with Gasteiger partial charge in [-0.25, -0.2) is 0 Å². The van der Waals surface area contributed by atoms with Gasteiger partial charge < -0.3 is 15.4 Å². The summed E-state index contributed by atoms with van der Waals surface area (Å²) in [5, 5.41) is 5.17. The molecule has 2 aliphatic carbocycles. The molecule has 0 aromatic heterocycles. The molecule has 3 atom stereocenters. The van der Waals surface area contributed by atoms with Crippen LogP contribution in [0.1, 0.15) is 42.5 Å². The Morgan fingerprint density at radius 3 is 2.72 bits per heavy atom. The number of carbonyl (C=O) groups excluding carboxylic acids is 3. The molecule has 0 aliphatic heterocycles. The predicted molar refractivity (Wildman–Crippen MR) is 93.0 cm³/mol. The summed E-state index contributed by atoms with van der Waals surface area (Å²) in [6.07, 6.45) is 5.32. The van der Waals surface area contributed by atoms with E-state index in [0.29, 0.717) is 29.5 Å². The SMILES string of the molecule is CNC(=O)c1cccc(NC(=O)COC(=O)C[C@@H]2C[C@H]3CC[C@@H]2C3)c1. The zero-order valence-electron chi connectivity index (χ0n) is 14.4. The van der Waals surface area contributed by atoms with Crippen molar-refractivity contribution in [2.24, 2.45) is 17.8 Å². The number of amides is 2. The standard InChI is InChI=1S/C19H24N2O4/c1-20-19(24)14-3-2-4-16(9-14)21-17(22)11-25-18(23)10-15-8-12-5-6-13(15)7-12/h2-4,9,12-13,15H,5-8,10-11H2,1H3,(H,20,24)(H,21,22)/t12-,13+,15-/m0/s1. The molecule has 2 saturated carbocycles. The number of nitrogens with one attached hydrogen (secondary N) is 2. The average molecular weight is 344 g/mol. The number of carbonyl (C=O) groups is 3. The van der Waals surface area contributed by atoms with Gasteiger partial charge in [0.05, 0.1) is 0 Å². The third kappa shape index (κ3) is 4.38. The van der Waals surface area contributed by atoms with Crippen molar-refractivity contribution in [2.75, 3.05) is 19.0 Å². The fourth-order valence-corrected chi connectivity index (χ4v) is 4.13. The van der Waals surface area contributed by atoms with Gasteiger partial charge in [0.15, 0.2) is 6.61 Å². The molecule has 2 fully saturated rings. The number of esters is 1. The Kier molecular flexibility index (Phi) is 5.36. The largest absolute Gasteiger partial charge is 0.456 e. The van der Waals surface area contributed by atoms with Gasteiger partial charge in [-0.3, -0.25) is 14.4 Å². The molecule has 0 saturated heterocycles. The topological polar surface area (TPSA) is 84.5 Å². The highest BCUT2D eigenvalue weighted by Gasteiger charge is 2.40. The van der Waals surface area contributed by atoms with Crippen molar-refractivity contribution < 1.29 is 19.1 Å². The Labute approximate surface area is 147 Å². The second-order valence-electron chi connectivity index (χ2n) is 7.01. The van der Waals surface area contributed by atoms with E-state index in [1.807, 2.05) is 0 Å². The second-order valence-corrected chi connectivity index (χ2v) is 7.01. The highest BCUT2D eigenvalue weighted by molar-refractivity contribution is 5.97. The summed E-state index contributed by atoms with van der Waals surface area (Å²) in [7, 11) is 1.54. The molecule has 1 aromatic rings. The molecule has 6 nitrogen and oxygen atoms in total. The minimum Gasteiger partial charge on any atom is -0.456 e. The van der Waals surface area contributed by atoms with E-state index in [9.17, 15) is 14.4 Å². The summed E-state index contributed by atoms with van der Waals surface area (Å²) in [6, 6.07) is 6.60. The highest BCUT2D eigenvalue weighted by Crippen LogP contribution is 2.49. The molecule has 2 bridgehead atoms. The van der Waals surface area contributed by atoms with Crippen LogP contribution in [0.3, 0.4) is 0 Å². The summed E-state index contributed by atoms with van der Waals surface area (Å²) in [5.74, 6) is 0.951. The summed E-state index contributed by atoms with van der Waals surface area (Å²) in [4.78, 5) is 35.5. The van der Waals surface area contributed by atoms with Crippen molar-refractivity contribution in [2.45, 2.75) is 32.1 Å². The van der Waals surface area contributed by atoms with E-state index < -0.39 is 5.91 Å². The van der Waals surface area contributed by atoms with Crippen molar-refractivity contribution in [3.63, 3.8) is 0 Å². The van der Waals surface area contributed by atoms with Gasteiger partial charge in [0, 0.05) is 24.7 Å². The molecule has 2 aliphatic rings. The molecule has 2 N–H and O–H groups in total. The molecule has 1 aromatic carbocycles. The first kappa shape index (κ1) is 17.5. The van der Waals surface area contributed by atoms with Crippen LogP contribution in [-0.4, -0.2) is 31.4 Å². The molecular formula is C19H24N2O4. The predicted octanol–water partition coefficient (Wildman–Crippen LogP) is 2.35. The van der Waals surface area contributed by atoms with Gasteiger partial charge in [-0.2, -0.15) is 0 Å². The maximum absolute atomic E-state index is 12.0. The minimum absolute atomic E-state index is 0.228. The van der Waals surface area contributed by atoms with E-state index in [4.69, 9.17) is 4.74 Å². The first-order valence-corrected chi connectivity index (χ1v) is 8.82. The Bertz CT molecular complexity index is 673. The van der Waals surface area contributed by atoms with Crippen molar-refractivity contribution in [1.29, 1.82) is 0 Å². The third-order valence-electron chi connectivity index (χ3n) is 5.31. The maximum Gasteiger partial charge on any atom is 0.306 e. The monoisotopic (exact) mass is 344 g/mol. The van der Waals surface area contributed by atoms with Crippen molar-refractivity contribution in [3.8, 4) is 0 Å². The summed E-state index contributed by atoms with van der Waals surface area (Å²) >= 11 is 0. The van der Waals surface area contributed by atoms with Gasteiger partial charge in [0.1, 0.15) is 0 Å². The zero-order chi connectivity index (χ0) is 17.8. The summed E-state index contributed by atoms with van der Waals surface area (Å²) < 4.78 is 5.11. The maximum atomic E-state index is 12.0.